The highest BCUT2D eigenvalue weighted by Gasteiger charge is 2.14. The first-order chi connectivity index (χ1) is 11.0. The Hall–Kier alpha value is -2.87. The van der Waals surface area contributed by atoms with Crippen molar-refractivity contribution in [3.8, 4) is 5.75 Å². The van der Waals surface area contributed by atoms with E-state index in [-0.39, 0.29) is 12.3 Å². The van der Waals surface area contributed by atoms with Gasteiger partial charge >= 0.3 is 5.97 Å². The van der Waals surface area contributed by atoms with Crippen LogP contribution in [-0.2, 0) is 16.1 Å². The standard InChI is InChI=1S/C15H16N2O6/c1-9-5-10(22-8-14(18)19)3-4-12(9)16-15(20)13-6-11(7-21-2)23-17-13/h3-6H,7-8H2,1-2H3,(H,16,20)(H,18,19). The van der Waals surface area contributed by atoms with Crippen molar-refractivity contribution in [1.82, 2.24) is 5.16 Å². The molecule has 1 heterocycles. The predicted octanol–water partition coefficient (Wildman–Crippen LogP) is 1.85. The molecule has 2 N–H and O–H groups in total. The number of carbonyl (C=O) groups is 2. The van der Waals surface area contributed by atoms with Crippen molar-refractivity contribution in [2.24, 2.45) is 0 Å². The lowest BCUT2D eigenvalue weighted by Crippen LogP contribution is -2.13. The molecule has 0 saturated carbocycles. The monoisotopic (exact) mass is 320 g/mol. The first kappa shape index (κ1) is 16.5. The minimum Gasteiger partial charge on any atom is -0.482 e. The van der Waals surface area contributed by atoms with Gasteiger partial charge in [-0.2, -0.15) is 0 Å². The summed E-state index contributed by atoms with van der Waals surface area (Å²) in [4.78, 5) is 22.6. The lowest BCUT2D eigenvalue weighted by Gasteiger charge is -2.09. The molecule has 0 fully saturated rings. The third-order valence-electron chi connectivity index (χ3n) is 2.89. The zero-order chi connectivity index (χ0) is 16.8. The van der Waals surface area contributed by atoms with Crippen molar-refractivity contribution < 1.29 is 28.7 Å². The van der Waals surface area contributed by atoms with Crippen LogP contribution in [0.3, 0.4) is 0 Å². The van der Waals surface area contributed by atoms with Gasteiger partial charge in [-0.05, 0) is 30.7 Å². The normalized spacial score (nSPS) is 10.3. The first-order valence-electron chi connectivity index (χ1n) is 6.70. The fourth-order valence-electron chi connectivity index (χ4n) is 1.83. The average Bonchev–Trinajstić information content (AvgIpc) is 2.96. The summed E-state index contributed by atoms with van der Waals surface area (Å²) in [7, 11) is 1.51. The Morgan fingerprint density at radius 1 is 1.35 bits per heavy atom. The number of carbonyl (C=O) groups excluding carboxylic acids is 1. The van der Waals surface area contributed by atoms with Crippen LogP contribution in [0, 0.1) is 6.92 Å². The van der Waals surface area contributed by atoms with Crippen molar-refractivity contribution in [3.05, 3.63) is 41.3 Å². The molecule has 0 atom stereocenters. The number of aliphatic carboxylic acids is 1. The number of hydrogen-bond acceptors (Lipinski definition) is 6. The maximum Gasteiger partial charge on any atom is 0.341 e. The van der Waals surface area contributed by atoms with Crippen LogP contribution in [0.4, 0.5) is 5.69 Å². The molecular weight excluding hydrogens is 304 g/mol. The maximum atomic E-state index is 12.1. The van der Waals surface area contributed by atoms with Gasteiger partial charge in [0.05, 0.1) is 0 Å². The van der Waals surface area contributed by atoms with E-state index in [9.17, 15) is 9.59 Å². The molecule has 0 unspecified atom stereocenters. The van der Waals surface area contributed by atoms with Gasteiger partial charge < -0.3 is 24.4 Å². The van der Waals surface area contributed by atoms with E-state index >= 15 is 0 Å². The zero-order valence-electron chi connectivity index (χ0n) is 12.7. The van der Waals surface area contributed by atoms with Gasteiger partial charge in [-0.25, -0.2) is 4.79 Å². The summed E-state index contributed by atoms with van der Waals surface area (Å²) in [6, 6.07) is 6.33. The predicted molar refractivity (Wildman–Crippen MR) is 79.5 cm³/mol. The third kappa shape index (κ3) is 4.55. The second-order valence-electron chi connectivity index (χ2n) is 4.72. The number of nitrogens with one attached hydrogen (secondary N) is 1. The van der Waals surface area contributed by atoms with Crippen molar-refractivity contribution in [2.75, 3.05) is 19.0 Å². The van der Waals surface area contributed by atoms with E-state index < -0.39 is 18.5 Å². The van der Waals surface area contributed by atoms with E-state index in [4.69, 9.17) is 19.1 Å². The summed E-state index contributed by atoms with van der Waals surface area (Å²) >= 11 is 0. The fourth-order valence-corrected chi connectivity index (χ4v) is 1.83. The van der Waals surface area contributed by atoms with Gasteiger partial charge in [0, 0.05) is 18.9 Å². The number of carboxylic acid groups (broad SMARTS) is 1. The van der Waals surface area contributed by atoms with Crippen LogP contribution >= 0.6 is 0 Å². The van der Waals surface area contributed by atoms with E-state index in [0.717, 1.165) is 5.56 Å². The Balaban J connectivity index is 2.03. The smallest absolute Gasteiger partial charge is 0.341 e. The summed E-state index contributed by atoms with van der Waals surface area (Å²) in [6.45, 7) is 1.57. The number of nitrogens with zero attached hydrogens (tertiary/aromatic N) is 1. The molecule has 0 radical (unpaired) electrons. The van der Waals surface area contributed by atoms with Gasteiger partial charge in [0.15, 0.2) is 18.1 Å². The lowest BCUT2D eigenvalue weighted by atomic mass is 10.2. The van der Waals surface area contributed by atoms with E-state index in [2.05, 4.69) is 10.5 Å². The molecule has 2 aromatic rings. The fraction of sp³-hybridized carbons (Fsp3) is 0.267. The van der Waals surface area contributed by atoms with Gasteiger partial charge in [-0.15, -0.1) is 0 Å². The molecule has 1 aromatic carbocycles. The second kappa shape index (κ2) is 7.41. The Morgan fingerprint density at radius 3 is 2.78 bits per heavy atom. The van der Waals surface area contributed by atoms with Crippen LogP contribution in [0.1, 0.15) is 21.8 Å². The summed E-state index contributed by atoms with van der Waals surface area (Å²) in [6.07, 6.45) is 0. The summed E-state index contributed by atoms with van der Waals surface area (Å²) in [5.74, 6) is -0.616. The molecule has 0 aliphatic heterocycles. The molecule has 23 heavy (non-hydrogen) atoms. The molecule has 0 spiro atoms. The number of aromatic nitrogens is 1. The molecule has 0 aliphatic carbocycles. The van der Waals surface area contributed by atoms with Crippen LogP contribution in [0.25, 0.3) is 0 Å². The van der Waals surface area contributed by atoms with E-state index in [1.54, 1.807) is 25.1 Å². The third-order valence-corrected chi connectivity index (χ3v) is 2.89. The average molecular weight is 320 g/mol. The van der Waals surface area contributed by atoms with E-state index in [1.807, 2.05) is 0 Å². The van der Waals surface area contributed by atoms with Crippen LogP contribution in [0.15, 0.2) is 28.8 Å². The molecule has 8 heteroatoms. The molecule has 0 bridgehead atoms. The summed E-state index contributed by atoms with van der Waals surface area (Å²) in [5.41, 5.74) is 1.43. The minimum atomic E-state index is -1.06. The number of aryl methyl sites for hydroxylation is 1. The van der Waals surface area contributed by atoms with Gasteiger partial charge in [-0.3, -0.25) is 4.79 Å². The van der Waals surface area contributed by atoms with Gasteiger partial charge in [0.2, 0.25) is 0 Å². The van der Waals surface area contributed by atoms with Gasteiger partial charge in [0.25, 0.3) is 5.91 Å². The Labute approximate surface area is 132 Å². The second-order valence-corrected chi connectivity index (χ2v) is 4.72. The number of anilines is 1. The van der Waals surface area contributed by atoms with Crippen LogP contribution in [-0.4, -0.2) is 35.9 Å². The number of methoxy groups -OCH3 is 1. The van der Waals surface area contributed by atoms with Crippen LogP contribution < -0.4 is 10.1 Å². The maximum absolute atomic E-state index is 12.1. The Kier molecular flexibility index (Phi) is 5.32. The summed E-state index contributed by atoms with van der Waals surface area (Å²) < 4.78 is 14.9. The van der Waals surface area contributed by atoms with Crippen LogP contribution in [0.5, 0.6) is 5.75 Å². The molecule has 1 amide bonds. The first-order valence-corrected chi connectivity index (χ1v) is 6.70. The number of amides is 1. The van der Waals surface area contributed by atoms with Gasteiger partial charge in [0.1, 0.15) is 12.4 Å². The number of rotatable bonds is 7. The van der Waals surface area contributed by atoms with Gasteiger partial charge in [-0.1, -0.05) is 5.16 Å². The lowest BCUT2D eigenvalue weighted by molar-refractivity contribution is -0.139. The zero-order valence-corrected chi connectivity index (χ0v) is 12.7. The molecule has 2 rings (SSSR count). The molecule has 0 saturated heterocycles. The van der Waals surface area contributed by atoms with Crippen molar-refractivity contribution in [1.29, 1.82) is 0 Å². The number of hydrogen-bond donors (Lipinski definition) is 2. The highest BCUT2D eigenvalue weighted by Crippen LogP contribution is 2.22. The van der Waals surface area contributed by atoms with Crippen molar-refractivity contribution >= 4 is 17.6 Å². The van der Waals surface area contributed by atoms with E-state index in [0.29, 0.717) is 17.2 Å². The minimum absolute atomic E-state index is 0.141. The topological polar surface area (TPSA) is 111 Å². The Morgan fingerprint density at radius 2 is 2.13 bits per heavy atom. The molecule has 122 valence electrons. The summed E-state index contributed by atoms with van der Waals surface area (Å²) in [5, 5.41) is 14.9. The van der Waals surface area contributed by atoms with Crippen molar-refractivity contribution in [2.45, 2.75) is 13.5 Å². The molecule has 1 aromatic heterocycles. The molecule has 0 aliphatic rings. The highest BCUT2D eigenvalue weighted by molar-refractivity contribution is 6.03. The van der Waals surface area contributed by atoms with Crippen LogP contribution in [0.2, 0.25) is 0 Å². The number of ether oxygens (including phenoxy) is 2. The quantitative estimate of drug-likeness (QED) is 0.800. The number of benzene rings is 1. The largest absolute Gasteiger partial charge is 0.482 e. The Bertz CT molecular complexity index is 710. The SMILES string of the molecule is COCc1cc(C(=O)Nc2ccc(OCC(=O)O)cc2C)no1. The molecule has 8 nitrogen and oxygen atoms in total. The molecular formula is C15H16N2O6. The van der Waals surface area contributed by atoms with Crippen molar-refractivity contribution in [3.63, 3.8) is 0 Å². The number of carboxylic acids is 1. The van der Waals surface area contributed by atoms with E-state index in [1.165, 1.54) is 13.2 Å². The highest BCUT2D eigenvalue weighted by atomic mass is 16.5.